The summed E-state index contributed by atoms with van der Waals surface area (Å²) in [5, 5.41) is 10.7. The van der Waals surface area contributed by atoms with Crippen LogP contribution in [-0.4, -0.2) is 58.8 Å². The van der Waals surface area contributed by atoms with E-state index in [0.717, 1.165) is 49.9 Å². The predicted octanol–water partition coefficient (Wildman–Crippen LogP) is 2.92. The van der Waals surface area contributed by atoms with Gasteiger partial charge in [-0.1, -0.05) is 18.2 Å². The van der Waals surface area contributed by atoms with Crippen LogP contribution in [0.4, 0.5) is 0 Å². The Hall–Kier alpha value is -1.47. The fourth-order valence-electron chi connectivity index (χ4n) is 3.58. The molecule has 1 fully saturated rings. The van der Waals surface area contributed by atoms with E-state index in [1.165, 1.54) is 10.4 Å². The van der Waals surface area contributed by atoms with Crippen molar-refractivity contribution in [2.45, 2.75) is 39.4 Å². The Bertz CT molecular complexity index is 691. The number of thiazole rings is 1. The molecule has 1 N–H and O–H groups in total. The van der Waals surface area contributed by atoms with Gasteiger partial charge in [0.2, 0.25) is 0 Å². The summed E-state index contributed by atoms with van der Waals surface area (Å²) in [5.74, 6) is 0.973. The van der Waals surface area contributed by atoms with Gasteiger partial charge in [-0.25, -0.2) is 4.98 Å². The summed E-state index contributed by atoms with van der Waals surface area (Å²) in [6.07, 6.45) is 2.79. The van der Waals surface area contributed by atoms with Gasteiger partial charge in [0.15, 0.2) is 0 Å². The molecule has 0 bridgehead atoms. The average molecular weight is 376 g/mol. The van der Waals surface area contributed by atoms with Crippen molar-refractivity contribution in [3.05, 3.63) is 45.9 Å². The van der Waals surface area contributed by atoms with E-state index in [9.17, 15) is 5.11 Å². The van der Waals surface area contributed by atoms with Gasteiger partial charge in [-0.3, -0.25) is 9.80 Å². The molecule has 1 aromatic carbocycles. The molecule has 2 heterocycles. The predicted molar refractivity (Wildman–Crippen MR) is 106 cm³/mol. The number of aliphatic hydroxyl groups is 1. The highest BCUT2D eigenvalue weighted by Crippen LogP contribution is 2.24. The highest BCUT2D eigenvalue weighted by Gasteiger charge is 2.27. The lowest BCUT2D eigenvalue weighted by Crippen LogP contribution is -2.52. The van der Waals surface area contributed by atoms with Crippen LogP contribution in [0.15, 0.2) is 30.5 Å². The molecular weight excluding hydrogens is 346 g/mol. The first-order chi connectivity index (χ1) is 12.7. The first kappa shape index (κ1) is 19.3. The SMILES string of the molecule is CCOc1ccccc1CN1CCN(Cc2cnc(C)s2)CC1CCO. The Kier molecular flexibility index (Phi) is 7.02. The number of aromatic nitrogens is 1. The van der Waals surface area contributed by atoms with E-state index >= 15 is 0 Å². The molecule has 1 atom stereocenters. The normalized spacial score (nSPS) is 19.0. The lowest BCUT2D eigenvalue weighted by molar-refractivity contribution is 0.0498. The number of hydrogen-bond donors (Lipinski definition) is 1. The maximum Gasteiger partial charge on any atom is 0.123 e. The van der Waals surface area contributed by atoms with Crippen LogP contribution in [0.2, 0.25) is 0 Å². The monoisotopic (exact) mass is 375 g/mol. The van der Waals surface area contributed by atoms with Gasteiger partial charge in [0, 0.05) is 62.0 Å². The number of aryl methyl sites for hydroxylation is 1. The maximum absolute atomic E-state index is 9.54. The number of aliphatic hydroxyl groups excluding tert-OH is 1. The minimum absolute atomic E-state index is 0.224. The second kappa shape index (κ2) is 9.46. The molecular formula is C20H29N3O2S. The summed E-state index contributed by atoms with van der Waals surface area (Å²) in [6, 6.07) is 8.64. The first-order valence-electron chi connectivity index (χ1n) is 9.39. The van der Waals surface area contributed by atoms with Gasteiger partial charge in [-0.05, 0) is 26.3 Å². The van der Waals surface area contributed by atoms with Crippen LogP contribution in [0.25, 0.3) is 0 Å². The van der Waals surface area contributed by atoms with Crippen LogP contribution in [0, 0.1) is 6.92 Å². The summed E-state index contributed by atoms with van der Waals surface area (Å²) in [6.45, 7) is 9.82. The summed E-state index contributed by atoms with van der Waals surface area (Å²) in [4.78, 5) is 10.7. The van der Waals surface area contributed by atoms with Crippen molar-refractivity contribution >= 4 is 11.3 Å². The fraction of sp³-hybridized carbons (Fsp3) is 0.550. The van der Waals surface area contributed by atoms with Gasteiger partial charge < -0.3 is 9.84 Å². The van der Waals surface area contributed by atoms with Gasteiger partial charge in [0.1, 0.15) is 5.75 Å². The van der Waals surface area contributed by atoms with Crippen molar-refractivity contribution in [1.29, 1.82) is 0 Å². The molecule has 0 spiro atoms. The fourth-order valence-corrected chi connectivity index (χ4v) is 4.42. The Labute approximate surface area is 160 Å². The Morgan fingerprint density at radius 1 is 1.27 bits per heavy atom. The lowest BCUT2D eigenvalue weighted by atomic mass is 10.1. The first-order valence-corrected chi connectivity index (χ1v) is 10.2. The van der Waals surface area contributed by atoms with Crippen LogP contribution >= 0.6 is 11.3 Å². The van der Waals surface area contributed by atoms with Gasteiger partial charge in [0.05, 0.1) is 11.6 Å². The number of hydrogen-bond acceptors (Lipinski definition) is 6. The van der Waals surface area contributed by atoms with Crippen molar-refractivity contribution in [3.63, 3.8) is 0 Å². The third kappa shape index (κ3) is 5.04. The number of benzene rings is 1. The second-order valence-corrected chi connectivity index (χ2v) is 8.08. The summed E-state index contributed by atoms with van der Waals surface area (Å²) >= 11 is 1.77. The molecule has 0 saturated carbocycles. The highest BCUT2D eigenvalue weighted by atomic mass is 32.1. The van der Waals surface area contributed by atoms with Crippen molar-refractivity contribution in [3.8, 4) is 5.75 Å². The average Bonchev–Trinajstić information content (AvgIpc) is 3.04. The van der Waals surface area contributed by atoms with Crippen molar-refractivity contribution < 1.29 is 9.84 Å². The van der Waals surface area contributed by atoms with E-state index in [-0.39, 0.29) is 6.61 Å². The zero-order valence-corrected chi connectivity index (χ0v) is 16.5. The molecule has 1 unspecified atom stereocenters. The third-order valence-corrected chi connectivity index (χ3v) is 5.74. The zero-order valence-electron chi connectivity index (χ0n) is 15.7. The molecule has 1 aromatic heterocycles. The minimum Gasteiger partial charge on any atom is -0.494 e. The molecule has 26 heavy (non-hydrogen) atoms. The number of para-hydroxylation sites is 1. The Balaban J connectivity index is 1.65. The molecule has 2 aromatic rings. The van der Waals surface area contributed by atoms with Crippen molar-refractivity contribution in [2.75, 3.05) is 32.8 Å². The van der Waals surface area contributed by atoms with Gasteiger partial charge in [0.25, 0.3) is 0 Å². The topological polar surface area (TPSA) is 48.8 Å². The van der Waals surface area contributed by atoms with Crippen LogP contribution in [0.1, 0.15) is 28.8 Å². The van der Waals surface area contributed by atoms with Crippen molar-refractivity contribution in [2.24, 2.45) is 0 Å². The number of ether oxygens (including phenoxy) is 1. The minimum atomic E-state index is 0.224. The number of rotatable bonds is 8. The Morgan fingerprint density at radius 3 is 2.85 bits per heavy atom. The van der Waals surface area contributed by atoms with E-state index in [1.807, 2.05) is 25.3 Å². The summed E-state index contributed by atoms with van der Waals surface area (Å²) < 4.78 is 5.78. The highest BCUT2D eigenvalue weighted by molar-refractivity contribution is 7.11. The van der Waals surface area contributed by atoms with E-state index in [2.05, 4.69) is 33.8 Å². The quantitative estimate of drug-likeness (QED) is 0.769. The number of piperazine rings is 1. The van der Waals surface area contributed by atoms with Crippen LogP contribution < -0.4 is 4.74 Å². The zero-order chi connectivity index (χ0) is 18.4. The van der Waals surface area contributed by atoms with Gasteiger partial charge >= 0.3 is 0 Å². The standard InChI is InChI=1S/C20H29N3O2S/c1-3-25-20-7-5-4-6-17(20)13-23-10-9-22(14-18(23)8-11-24)15-19-12-21-16(2)26-19/h4-7,12,18,24H,3,8-11,13-15H2,1-2H3. The molecule has 0 radical (unpaired) electrons. The third-order valence-electron chi connectivity index (χ3n) is 4.85. The van der Waals surface area contributed by atoms with E-state index in [4.69, 9.17) is 4.74 Å². The van der Waals surface area contributed by atoms with Crippen LogP contribution in [0.5, 0.6) is 5.75 Å². The molecule has 1 aliphatic heterocycles. The molecule has 0 amide bonds. The molecule has 5 nitrogen and oxygen atoms in total. The number of nitrogens with zero attached hydrogens (tertiary/aromatic N) is 3. The summed E-state index contributed by atoms with van der Waals surface area (Å²) in [7, 11) is 0. The van der Waals surface area contributed by atoms with Crippen molar-refractivity contribution in [1.82, 2.24) is 14.8 Å². The van der Waals surface area contributed by atoms with Gasteiger partial charge in [-0.2, -0.15) is 0 Å². The second-order valence-electron chi connectivity index (χ2n) is 6.76. The van der Waals surface area contributed by atoms with E-state index in [1.54, 1.807) is 11.3 Å². The lowest BCUT2D eigenvalue weighted by Gasteiger charge is -2.41. The van der Waals surface area contributed by atoms with Gasteiger partial charge in [-0.15, -0.1) is 11.3 Å². The Morgan fingerprint density at radius 2 is 2.12 bits per heavy atom. The largest absolute Gasteiger partial charge is 0.494 e. The molecule has 142 valence electrons. The molecule has 6 heteroatoms. The molecule has 1 saturated heterocycles. The molecule has 0 aliphatic carbocycles. The molecule has 3 rings (SSSR count). The molecule has 1 aliphatic rings. The van der Waals surface area contributed by atoms with E-state index < -0.39 is 0 Å². The van der Waals surface area contributed by atoms with Crippen LogP contribution in [0.3, 0.4) is 0 Å². The maximum atomic E-state index is 9.54. The van der Waals surface area contributed by atoms with Crippen LogP contribution in [-0.2, 0) is 13.1 Å². The van der Waals surface area contributed by atoms with E-state index in [0.29, 0.717) is 12.6 Å². The summed E-state index contributed by atoms with van der Waals surface area (Å²) in [5.41, 5.74) is 1.23. The smallest absolute Gasteiger partial charge is 0.123 e.